The summed E-state index contributed by atoms with van der Waals surface area (Å²) in [5.41, 5.74) is 3.09. The van der Waals surface area contributed by atoms with Gasteiger partial charge in [0.1, 0.15) is 29.6 Å². The van der Waals surface area contributed by atoms with Crippen LogP contribution in [0, 0.1) is 0 Å². The van der Waals surface area contributed by atoms with E-state index in [9.17, 15) is 61.8 Å². The maximum absolute atomic E-state index is 13.0. The first kappa shape index (κ1) is 46.7. The van der Waals surface area contributed by atoms with Gasteiger partial charge in [0.05, 0.1) is 28.5 Å². The van der Waals surface area contributed by atoms with Crippen molar-refractivity contribution >= 4 is 75.4 Å². The predicted molar refractivity (Wildman–Crippen MR) is 221 cm³/mol. The standard InChI is InChI=1S/C37H42N2O17S5/c1-36-13-11-23(34(36)38(19-25(40)21-59(46,47)48)32-9-7-28(57-56-42)17-30(32)36)3-5-27(55-15-16-58(43,44)45)6-4-24-12-14-37(2)31-18-29(61(52,53)54)8-10-33(31)39(35(24)37)20-26(41)22-60(49,50)51/h3-10,17-18,26,41H,11-16,19-22H2,1-2H3,(H4-,42,43,44,45,46,47,48,49,50,51,52,53,54)/p+1. The number of nitrogens with zero attached hydrogens (tertiary/aromatic N) is 2. The highest BCUT2D eigenvalue weighted by atomic mass is 32.2. The number of aliphatic hydroxyl groups excluding tert-OH is 1. The van der Waals surface area contributed by atoms with Gasteiger partial charge in [-0.3, -0.25) is 23.0 Å². The van der Waals surface area contributed by atoms with E-state index in [1.54, 1.807) is 39.8 Å². The largest absolute Gasteiger partial charge is 0.492 e. The molecule has 2 aromatic carbocycles. The molecule has 2 aliphatic carbocycles. The SMILES string of the molecule is CC12CCC(C=CC(=CC=C3CCC4(C)C3=[N+](CC(=O)CS(=O)(=O)O)c3ccc(SOO)cc34)OCCS(=O)(=O)O)=C1N(CC(O)CS(=O)(=O)O)c1ccc(S(=O)(=O)O)cc12. The molecule has 3 unspecified atom stereocenters. The van der Waals surface area contributed by atoms with Crippen LogP contribution in [0.2, 0.25) is 0 Å². The summed E-state index contributed by atoms with van der Waals surface area (Å²) in [7, 11) is -18.3. The minimum absolute atomic E-state index is 0.0949. The van der Waals surface area contributed by atoms with Gasteiger partial charge in [-0.15, -0.1) is 0 Å². The molecule has 2 heterocycles. The lowest BCUT2D eigenvalue weighted by atomic mass is 9.81. The van der Waals surface area contributed by atoms with E-state index in [1.165, 1.54) is 24.3 Å². The first-order chi connectivity index (χ1) is 28.2. The minimum Gasteiger partial charge on any atom is -0.492 e. The molecular formula is C37H43N2O17S5+. The average molecular weight is 948 g/mol. The Morgan fingerprint density at radius 3 is 2.26 bits per heavy atom. The van der Waals surface area contributed by atoms with Crippen molar-refractivity contribution in [1.82, 2.24) is 0 Å². The predicted octanol–water partition coefficient (Wildman–Crippen LogP) is 3.38. The lowest BCUT2D eigenvalue weighted by Gasteiger charge is -2.28. The highest BCUT2D eigenvalue weighted by molar-refractivity contribution is 7.94. The van der Waals surface area contributed by atoms with Gasteiger partial charge in [0.25, 0.3) is 40.5 Å². The number of anilines is 1. The topological polar surface area (TPSA) is 300 Å². The molecular weight excluding hydrogens is 905 g/mol. The fourth-order valence-corrected chi connectivity index (χ4v) is 11.0. The fourth-order valence-electron chi connectivity index (χ4n) is 8.69. The third kappa shape index (κ3) is 10.4. The number of Topliss-reactive ketones (excluding diaryl/α,β-unsaturated/α-hetero) is 1. The third-order valence-electron chi connectivity index (χ3n) is 11.1. The second kappa shape index (κ2) is 17.1. The summed E-state index contributed by atoms with van der Waals surface area (Å²) < 4.78 is 144. The van der Waals surface area contributed by atoms with Crippen molar-refractivity contribution in [3.63, 3.8) is 0 Å². The molecule has 2 aromatic rings. The highest BCUT2D eigenvalue weighted by Gasteiger charge is 2.54. The number of fused-ring (bicyclic) bond motifs is 6. The number of aliphatic hydroxyl groups is 1. The average Bonchev–Trinajstić information content (AvgIpc) is 3.78. The second-order valence-corrected chi connectivity index (χ2v) is 22.2. The number of allylic oxidation sites excluding steroid dienone is 7. The van der Waals surface area contributed by atoms with Crippen LogP contribution in [0.4, 0.5) is 11.4 Å². The molecule has 332 valence electrons. The maximum Gasteiger partial charge on any atom is 0.294 e. The molecule has 0 saturated heterocycles. The van der Waals surface area contributed by atoms with Gasteiger partial charge < -0.3 is 14.7 Å². The summed E-state index contributed by atoms with van der Waals surface area (Å²) in [6.45, 7) is 2.50. The Hall–Kier alpha value is -3.79. The zero-order valence-corrected chi connectivity index (χ0v) is 36.6. The molecule has 0 spiro atoms. The van der Waals surface area contributed by atoms with Crippen LogP contribution in [0.5, 0.6) is 0 Å². The molecule has 0 bridgehead atoms. The van der Waals surface area contributed by atoms with Crippen molar-refractivity contribution in [1.29, 1.82) is 0 Å². The lowest BCUT2D eigenvalue weighted by Crippen LogP contribution is -2.36. The van der Waals surface area contributed by atoms with E-state index < -0.39 is 93.6 Å². The van der Waals surface area contributed by atoms with E-state index in [4.69, 9.17) is 9.99 Å². The Morgan fingerprint density at radius 1 is 0.918 bits per heavy atom. The van der Waals surface area contributed by atoms with E-state index >= 15 is 0 Å². The number of rotatable bonds is 18. The Bertz CT molecular complexity index is 2780. The van der Waals surface area contributed by atoms with E-state index in [1.807, 2.05) is 13.8 Å². The van der Waals surface area contributed by atoms with Gasteiger partial charge in [0.15, 0.2) is 5.71 Å². The number of β-amino-alcohol motifs (C(OH)–C–C–N with tert-alkyl or cyclic N) is 1. The van der Waals surface area contributed by atoms with Gasteiger partial charge >= 0.3 is 0 Å². The Labute approximate surface area is 356 Å². The molecule has 3 atom stereocenters. The summed E-state index contributed by atoms with van der Waals surface area (Å²) in [5.74, 6) is -3.57. The molecule has 6 rings (SSSR count). The van der Waals surface area contributed by atoms with Crippen LogP contribution in [0.15, 0.2) is 93.1 Å². The van der Waals surface area contributed by atoms with E-state index in [-0.39, 0.29) is 17.2 Å². The van der Waals surface area contributed by atoms with Crippen LogP contribution in [0.1, 0.15) is 50.7 Å². The van der Waals surface area contributed by atoms with Crippen LogP contribution in [-0.4, -0.2) is 121 Å². The van der Waals surface area contributed by atoms with Gasteiger partial charge in [0, 0.05) is 45.4 Å². The number of ether oxygens (including phenoxy) is 1. The number of hydrogen-bond donors (Lipinski definition) is 6. The molecule has 1 fully saturated rings. The first-order valence-electron chi connectivity index (χ1n) is 18.4. The molecule has 6 N–H and O–H groups in total. The number of benzene rings is 2. The van der Waals surface area contributed by atoms with Crippen molar-refractivity contribution < 1.29 is 80.7 Å². The normalized spacial score (nSPS) is 22.9. The molecule has 1 saturated carbocycles. The number of hydrogen-bond acceptors (Lipinski definition) is 15. The van der Waals surface area contributed by atoms with E-state index in [0.717, 1.165) is 11.6 Å². The van der Waals surface area contributed by atoms with Crippen molar-refractivity contribution in [3.8, 4) is 0 Å². The second-order valence-electron chi connectivity index (χ2n) is 15.5. The Kier molecular flexibility index (Phi) is 13.1. The first-order valence-corrected chi connectivity index (χ1v) is 25.4. The Morgan fingerprint density at radius 2 is 1.62 bits per heavy atom. The van der Waals surface area contributed by atoms with Gasteiger partial charge in [0.2, 0.25) is 18.0 Å². The van der Waals surface area contributed by atoms with Crippen LogP contribution >= 0.6 is 12.0 Å². The zero-order valence-electron chi connectivity index (χ0n) is 32.5. The zero-order chi connectivity index (χ0) is 44.9. The summed E-state index contributed by atoms with van der Waals surface area (Å²) in [5, 5.41) is 19.8. The monoisotopic (exact) mass is 947 g/mol. The molecule has 0 amide bonds. The number of ketones is 1. The quantitative estimate of drug-likeness (QED) is 0.0237. The fraction of sp³-hybridized carbons (Fsp3) is 0.405. The van der Waals surface area contributed by atoms with Crippen molar-refractivity contribution in [2.75, 3.05) is 41.9 Å². The van der Waals surface area contributed by atoms with Crippen LogP contribution < -0.4 is 4.90 Å². The van der Waals surface area contributed by atoms with Gasteiger partial charge in [-0.1, -0.05) is 6.08 Å². The summed E-state index contributed by atoms with van der Waals surface area (Å²) >= 11 is 0.698. The Balaban J connectivity index is 1.44. The van der Waals surface area contributed by atoms with Crippen LogP contribution in [-0.2, 0) is 65.2 Å². The molecule has 4 aliphatic rings. The third-order valence-corrected chi connectivity index (χ3v) is 14.6. The molecule has 24 heteroatoms. The van der Waals surface area contributed by atoms with Crippen molar-refractivity contribution in [3.05, 3.63) is 94.4 Å². The van der Waals surface area contributed by atoms with E-state index in [2.05, 4.69) is 4.33 Å². The summed E-state index contributed by atoms with van der Waals surface area (Å²) in [6, 6.07) is 8.98. The van der Waals surface area contributed by atoms with E-state index in [0.29, 0.717) is 82.1 Å². The molecule has 61 heavy (non-hydrogen) atoms. The summed E-state index contributed by atoms with van der Waals surface area (Å²) in [4.78, 5) is 14.7. The molecule has 0 aromatic heterocycles. The lowest BCUT2D eigenvalue weighted by molar-refractivity contribution is -0.424. The summed E-state index contributed by atoms with van der Waals surface area (Å²) in [6.07, 6.45) is 6.52. The van der Waals surface area contributed by atoms with Gasteiger partial charge in [-0.05, 0) is 99.2 Å². The number of carbonyl (C=O) groups excluding carboxylic acids is 1. The molecule has 0 radical (unpaired) electrons. The molecule has 2 aliphatic heterocycles. The van der Waals surface area contributed by atoms with Crippen molar-refractivity contribution in [2.45, 2.75) is 66.3 Å². The van der Waals surface area contributed by atoms with Crippen LogP contribution in [0.3, 0.4) is 0 Å². The highest BCUT2D eigenvalue weighted by Crippen LogP contribution is 2.57. The number of carbonyl (C=O) groups is 1. The molecule has 19 nitrogen and oxygen atoms in total. The maximum atomic E-state index is 13.0. The smallest absolute Gasteiger partial charge is 0.294 e. The minimum atomic E-state index is -4.64. The van der Waals surface area contributed by atoms with Crippen molar-refractivity contribution in [2.24, 2.45) is 0 Å². The van der Waals surface area contributed by atoms with Crippen LogP contribution in [0.25, 0.3) is 0 Å². The van der Waals surface area contributed by atoms with Gasteiger partial charge in [-0.25, -0.2) is 5.26 Å². The van der Waals surface area contributed by atoms with Gasteiger partial charge in [-0.2, -0.15) is 42.6 Å².